The van der Waals surface area contributed by atoms with Crippen molar-refractivity contribution >= 4 is 62.5 Å². The number of thiazole rings is 1. The molecule has 10 heteroatoms. The van der Waals surface area contributed by atoms with Crippen molar-refractivity contribution in [2.45, 2.75) is 29.7 Å². The van der Waals surface area contributed by atoms with Gasteiger partial charge < -0.3 is 4.74 Å². The Kier molecular flexibility index (Phi) is 6.22. The zero-order chi connectivity index (χ0) is 24.0. The third-order valence-electron chi connectivity index (χ3n) is 5.86. The number of hydrogen-bond donors (Lipinski definition) is 0. The molecule has 1 aromatic heterocycles. The minimum Gasteiger partial charge on any atom is -0.465 e. The number of fused-ring (bicyclic) bond motifs is 2. The van der Waals surface area contributed by atoms with E-state index in [0.29, 0.717) is 15.6 Å². The van der Waals surface area contributed by atoms with Gasteiger partial charge in [0.05, 0.1) is 23.2 Å². The van der Waals surface area contributed by atoms with E-state index in [9.17, 15) is 19.2 Å². The van der Waals surface area contributed by atoms with Crippen molar-refractivity contribution in [2.24, 2.45) is 5.92 Å². The normalized spacial score (nSPS) is 21.4. The quantitative estimate of drug-likeness (QED) is 0.347. The zero-order valence-electron chi connectivity index (χ0n) is 18.0. The van der Waals surface area contributed by atoms with Gasteiger partial charge in [-0.3, -0.25) is 23.7 Å². The van der Waals surface area contributed by atoms with E-state index in [-0.39, 0.29) is 29.8 Å². The predicted octanol–water partition coefficient (Wildman–Crippen LogP) is 4.03. The number of thioether (sulfide) groups is 1. The van der Waals surface area contributed by atoms with Crippen LogP contribution in [0.5, 0.6) is 0 Å². The summed E-state index contributed by atoms with van der Waals surface area (Å²) in [6.07, 6.45) is 0. The molecule has 2 amide bonds. The molecule has 1 fully saturated rings. The average Bonchev–Trinajstić information content (AvgIpc) is 3.26. The van der Waals surface area contributed by atoms with Gasteiger partial charge in [0.2, 0.25) is 11.8 Å². The van der Waals surface area contributed by atoms with Crippen molar-refractivity contribution < 1.29 is 19.1 Å². The third kappa shape index (κ3) is 3.83. The van der Waals surface area contributed by atoms with Crippen LogP contribution in [0.25, 0.3) is 0 Å². The Labute approximate surface area is 211 Å². The highest BCUT2D eigenvalue weighted by Gasteiger charge is 2.56. The van der Waals surface area contributed by atoms with Crippen LogP contribution in [-0.4, -0.2) is 34.2 Å². The lowest BCUT2D eigenvalue weighted by Crippen LogP contribution is -2.32. The van der Waals surface area contributed by atoms with E-state index in [1.807, 2.05) is 30.3 Å². The van der Waals surface area contributed by atoms with Gasteiger partial charge in [-0.2, -0.15) is 0 Å². The first kappa shape index (κ1) is 23.1. The van der Waals surface area contributed by atoms with Crippen molar-refractivity contribution in [1.29, 1.82) is 0 Å². The first-order valence-electron chi connectivity index (χ1n) is 10.6. The molecule has 174 valence electrons. The van der Waals surface area contributed by atoms with E-state index in [0.717, 1.165) is 21.4 Å². The third-order valence-corrected chi connectivity index (χ3v) is 8.96. The van der Waals surface area contributed by atoms with E-state index >= 15 is 0 Å². The van der Waals surface area contributed by atoms with Crippen LogP contribution in [0.1, 0.15) is 23.3 Å². The maximum atomic E-state index is 13.7. The summed E-state index contributed by atoms with van der Waals surface area (Å²) in [5, 5.41) is -0.169. The Morgan fingerprint density at radius 3 is 2.53 bits per heavy atom. The van der Waals surface area contributed by atoms with Crippen LogP contribution in [0, 0.1) is 5.92 Å². The van der Waals surface area contributed by atoms with Crippen LogP contribution >= 0.6 is 39.0 Å². The van der Waals surface area contributed by atoms with Crippen LogP contribution in [-0.2, 0) is 25.7 Å². The van der Waals surface area contributed by atoms with Gasteiger partial charge in [0, 0.05) is 15.3 Å². The molecule has 2 aromatic carbocycles. The number of anilines is 1. The molecule has 3 aromatic rings. The number of amides is 2. The Balaban J connectivity index is 1.66. The summed E-state index contributed by atoms with van der Waals surface area (Å²) >= 11 is 5.70. The molecule has 2 aliphatic rings. The fourth-order valence-electron chi connectivity index (χ4n) is 4.48. The van der Waals surface area contributed by atoms with Crippen molar-refractivity contribution in [3.8, 4) is 0 Å². The van der Waals surface area contributed by atoms with Crippen LogP contribution < -0.4 is 9.77 Å². The number of carbonyl (C=O) groups is 3. The monoisotopic (exact) mass is 558 g/mol. The Bertz CT molecular complexity index is 1350. The smallest absolute Gasteiger partial charge is 0.326 e. The van der Waals surface area contributed by atoms with Gasteiger partial charge in [0.15, 0.2) is 0 Å². The summed E-state index contributed by atoms with van der Waals surface area (Å²) in [6.45, 7) is 1.67. The largest absolute Gasteiger partial charge is 0.465 e. The Morgan fingerprint density at radius 1 is 1.06 bits per heavy atom. The van der Waals surface area contributed by atoms with Crippen molar-refractivity contribution in [3.63, 3.8) is 0 Å². The van der Waals surface area contributed by atoms with E-state index in [4.69, 9.17) is 4.74 Å². The highest BCUT2D eigenvalue weighted by atomic mass is 79.9. The SMILES string of the molecule is CCOC(=O)Cn1c2c(sc1=O)[C@H](c1cccc(Br)c1)C1C(=O)N(c3ccccc3)C(=O)C1S2. The molecular formula is C24H19BrN2O5S2. The van der Waals surface area contributed by atoms with Gasteiger partial charge in [-0.25, -0.2) is 4.90 Å². The predicted molar refractivity (Wildman–Crippen MR) is 133 cm³/mol. The molecule has 0 N–H and O–H groups in total. The lowest BCUT2D eigenvalue weighted by molar-refractivity contribution is -0.144. The summed E-state index contributed by atoms with van der Waals surface area (Å²) in [7, 11) is 0. The fourth-order valence-corrected chi connectivity index (χ4v) is 7.67. The molecule has 34 heavy (non-hydrogen) atoms. The number of halogens is 1. The number of imide groups is 1. The van der Waals surface area contributed by atoms with Gasteiger partial charge in [-0.15, -0.1) is 0 Å². The van der Waals surface area contributed by atoms with Crippen LogP contribution in [0.15, 0.2) is 68.9 Å². The summed E-state index contributed by atoms with van der Waals surface area (Å²) in [4.78, 5) is 54.0. The van der Waals surface area contributed by atoms with Crippen molar-refractivity contribution in [1.82, 2.24) is 4.57 Å². The van der Waals surface area contributed by atoms with Gasteiger partial charge >= 0.3 is 10.8 Å². The van der Waals surface area contributed by atoms with Crippen LogP contribution in [0.4, 0.5) is 5.69 Å². The van der Waals surface area contributed by atoms with E-state index in [2.05, 4.69) is 15.9 Å². The second kappa shape index (κ2) is 9.16. The molecular weight excluding hydrogens is 540 g/mol. The number of esters is 1. The lowest BCUT2D eigenvalue weighted by atomic mass is 9.83. The molecule has 1 saturated heterocycles. The molecule has 5 rings (SSSR count). The number of benzene rings is 2. The van der Waals surface area contributed by atoms with Crippen LogP contribution in [0.2, 0.25) is 0 Å². The number of aromatic nitrogens is 1. The zero-order valence-corrected chi connectivity index (χ0v) is 21.2. The first-order chi connectivity index (χ1) is 16.4. The second-order valence-electron chi connectivity index (χ2n) is 7.87. The summed E-state index contributed by atoms with van der Waals surface area (Å²) in [6, 6.07) is 16.4. The summed E-state index contributed by atoms with van der Waals surface area (Å²) in [5.41, 5.74) is 1.35. The maximum absolute atomic E-state index is 13.7. The number of rotatable bonds is 5. The number of carbonyl (C=O) groups excluding carboxylic acids is 3. The van der Waals surface area contributed by atoms with Crippen LogP contribution in [0.3, 0.4) is 0 Å². The molecule has 0 radical (unpaired) electrons. The molecule has 2 unspecified atom stereocenters. The molecule has 0 saturated carbocycles. The van der Waals surface area contributed by atoms with Crippen molar-refractivity contribution in [3.05, 3.63) is 79.2 Å². The highest BCUT2D eigenvalue weighted by molar-refractivity contribution is 9.10. The van der Waals surface area contributed by atoms with E-state index < -0.39 is 23.1 Å². The molecule has 0 aliphatic carbocycles. The maximum Gasteiger partial charge on any atom is 0.326 e. The minimum absolute atomic E-state index is 0.206. The number of hydrogen-bond acceptors (Lipinski definition) is 7. The molecule has 0 spiro atoms. The summed E-state index contributed by atoms with van der Waals surface area (Å²) in [5.74, 6) is -2.30. The van der Waals surface area contributed by atoms with Gasteiger partial charge in [0.25, 0.3) is 0 Å². The second-order valence-corrected chi connectivity index (χ2v) is 10.9. The minimum atomic E-state index is -0.716. The highest BCUT2D eigenvalue weighted by Crippen LogP contribution is 2.54. The fraction of sp³-hybridized carbons (Fsp3) is 0.250. The Morgan fingerprint density at radius 2 is 1.82 bits per heavy atom. The molecule has 3 heterocycles. The topological polar surface area (TPSA) is 85.7 Å². The first-order valence-corrected chi connectivity index (χ1v) is 13.1. The molecule has 2 aliphatic heterocycles. The number of nitrogens with zero attached hydrogens (tertiary/aromatic N) is 2. The molecule has 7 nitrogen and oxygen atoms in total. The van der Waals surface area contributed by atoms with Gasteiger partial charge in [-0.05, 0) is 36.8 Å². The average molecular weight is 559 g/mol. The number of ether oxygens (including phenoxy) is 1. The van der Waals surface area contributed by atoms with E-state index in [1.165, 1.54) is 21.2 Å². The lowest BCUT2D eigenvalue weighted by Gasteiger charge is -2.30. The van der Waals surface area contributed by atoms with Crippen molar-refractivity contribution in [2.75, 3.05) is 11.5 Å². The molecule has 0 bridgehead atoms. The molecule has 3 atom stereocenters. The summed E-state index contributed by atoms with van der Waals surface area (Å²) < 4.78 is 7.25. The van der Waals surface area contributed by atoms with Gasteiger partial charge in [0.1, 0.15) is 11.8 Å². The van der Waals surface area contributed by atoms with Gasteiger partial charge in [-0.1, -0.05) is 69.4 Å². The standard InChI is InChI=1S/C24H19BrN2O5S2/c1-2-32-16(28)12-26-23-20(34-24(26)31)17(13-7-6-8-14(25)11-13)18-19(33-23)22(30)27(21(18)29)15-9-4-3-5-10-15/h3-11,17-19H,2,12H2,1H3/t17-,18?,19?/m1/s1. The number of para-hydroxylation sites is 1. The van der Waals surface area contributed by atoms with E-state index in [1.54, 1.807) is 31.2 Å². The Hall–Kier alpha value is -2.69.